The van der Waals surface area contributed by atoms with Crippen LogP contribution in [-0.4, -0.2) is 38.2 Å². The lowest BCUT2D eigenvalue weighted by Crippen LogP contribution is -2.24. The van der Waals surface area contributed by atoms with E-state index in [1.165, 1.54) is 29.6 Å². The zero-order valence-corrected chi connectivity index (χ0v) is 17.6. The molecule has 4 rings (SSSR count). The number of amides is 1. The number of carbonyl (C=O) groups is 3. The van der Waals surface area contributed by atoms with Gasteiger partial charge in [0.1, 0.15) is 10.8 Å². The Labute approximate surface area is 178 Å². The van der Waals surface area contributed by atoms with Crippen molar-refractivity contribution in [2.45, 2.75) is 38.5 Å². The molecule has 1 heterocycles. The van der Waals surface area contributed by atoms with Crippen LogP contribution in [0.1, 0.15) is 44.8 Å². The number of thiophene rings is 1. The number of aryl methyl sites for hydroxylation is 3. The number of nitrogens with one attached hydrogen (secondary N) is 1. The second-order valence-electron chi connectivity index (χ2n) is 7.33. The summed E-state index contributed by atoms with van der Waals surface area (Å²) in [5, 5.41) is 3.12. The number of anilines is 1. The van der Waals surface area contributed by atoms with Crippen LogP contribution >= 0.6 is 11.3 Å². The van der Waals surface area contributed by atoms with Crippen molar-refractivity contribution in [2.24, 2.45) is 0 Å². The predicted molar refractivity (Wildman–Crippen MR) is 111 cm³/mol. The molecule has 2 aliphatic rings. The third kappa shape index (κ3) is 4.33. The van der Waals surface area contributed by atoms with Crippen molar-refractivity contribution >= 4 is 34.2 Å². The van der Waals surface area contributed by atoms with E-state index in [1.54, 1.807) is 0 Å². The predicted octanol–water partition coefficient (Wildman–Crippen LogP) is 3.07. The number of ether oxygens (including phenoxy) is 3. The molecule has 8 heteroatoms. The first-order chi connectivity index (χ1) is 14.5. The van der Waals surface area contributed by atoms with Crippen LogP contribution in [0, 0.1) is 0 Å². The zero-order chi connectivity index (χ0) is 21.1. The summed E-state index contributed by atoms with van der Waals surface area (Å²) in [7, 11) is 1.32. The van der Waals surface area contributed by atoms with Crippen molar-refractivity contribution in [3.8, 4) is 5.75 Å². The van der Waals surface area contributed by atoms with Crippen LogP contribution in [-0.2, 0) is 44.7 Å². The maximum Gasteiger partial charge on any atom is 0.344 e. The summed E-state index contributed by atoms with van der Waals surface area (Å²) in [6.07, 6.45) is 5.91. The summed E-state index contributed by atoms with van der Waals surface area (Å²) < 4.78 is 15.3. The summed E-state index contributed by atoms with van der Waals surface area (Å²) in [6.45, 7) is -0.720. The Kier molecular flexibility index (Phi) is 6.03. The van der Waals surface area contributed by atoms with Gasteiger partial charge in [-0.1, -0.05) is 6.07 Å². The van der Waals surface area contributed by atoms with Crippen molar-refractivity contribution in [1.29, 1.82) is 0 Å². The molecule has 1 amide bonds. The van der Waals surface area contributed by atoms with Crippen molar-refractivity contribution in [2.75, 3.05) is 25.6 Å². The van der Waals surface area contributed by atoms with E-state index in [-0.39, 0.29) is 6.61 Å². The SMILES string of the molecule is COC(=O)c1c(NC(=O)COC(=O)COc2ccc3c(c2)CCC3)sc2c1CCC2. The van der Waals surface area contributed by atoms with Gasteiger partial charge in [0.25, 0.3) is 5.91 Å². The lowest BCUT2D eigenvalue weighted by Gasteiger charge is -2.09. The van der Waals surface area contributed by atoms with Crippen LogP contribution in [0.2, 0.25) is 0 Å². The molecule has 1 aromatic carbocycles. The van der Waals surface area contributed by atoms with Crippen LogP contribution < -0.4 is 10.1 Å². The maximum atomic E-state index is 12.2. The summed E-state index contributed by atoms with van der Waals surface area (Å²) in [5.41, 5.74) is 3.94. The Hall–Kier alpha value is -2.87. The molecule has 0 unspecified atom stereocenters. The first-order valence-electron chi connectivity index (χ1n) is 9.98. The molecule has 0 fully saturated rings. The zero-order valence-electron chi connectivity index (χ0n) is 16.7. The van der Waals surface area contributed by atoms with Gasteiger partial charge in [0.15, 0.2) is 13.2 Å². The molecule has 7 nitrogen and oxygen atoms in total. The average molecular weight is 429 g/mol. The van der Waals surface area contributed by atoms with Crippen molar-refractivity contribution < 1.29 is 28.6 Å². The van der Waals surface area contributed by atoms with Crippen LogP contribution in [0.3, 0.4) is 0 Å². The number of fused-ring (bicyclic) bond motifs is 2. The van der Waals surface area contributed by atoms with Crippen molar-refractivity contribution in [3.05, 3.63) is 45.3 Å². The molecular formula is C22H23NO6S. The second kappa shape index (κ2) is 8.87. The molecule has 0 atom stereocenters. The number of carbonyl (C=O) groups excluding carboxylic acids is 3. The van der Waals surface area contributed by atoms with E-state index < -0.39 is 24.5 Å². The van der Waals surface area contributed by atoms with Gasteiger partial charge in [-0.05, 0) is 67.3 Å². The molecule has 0 spiro atoms. The third-order valence-electron chi connectivity index (χ3n) is 5.35. The minimum absolute atomic E-state index is 0.271. The standard InChI is InChI=1S/C22H23NO6S/c1-27-22(26)20-16-6-3-7-17(16)30-21(20)23-18(24)11-29-19(25)12-28-15-9-8-13-4-2-5-14(13)10-15/h8-10H,2-7,11-12H2,1H3,(H,23,24). The van der Waals surface area contributed by atoms with Gasteiger partial charge in [0.05, 0.1) is 12.7 Å². The smallest absolute Gasteiger partial charge is 0.344 e. The fourth-order valence-electron chi connectivity index (χ4n) is 3.94. The quantitative estimate of drug-likeness (QED) is 0.681. The molecule has 0 aliphatic heterocycles. The van der Waals surface area contributed by atoms with E-state index in [9.17, 15) is 14.4 Å². The maximum absolute atomic E-state index is 12.2. The summed E-state index contributed by atoms with van der Waals surface area (Å²) in [5.74, 6) is -0.990. The summed E-state index contributed by atoms with van der Waals surface area (Å²) in [6, 6.07) is 5.81. The van der Waals surface area contributed by atoms with Gasteiger partial charge >= 0.3 is 11.9 Å². The highest BCUT2D eigenvalue weighted by Gasteiger charge is 2.28. The number of hydrogen-bond acceptors (Lipinski definition) is 7. The van der Waals surface area contributed by atoms with Crippen LogP contribution in [0.15, 0.2) is 18.2 Å². The van der Waals surface area contributed by atoms with Crippen LogP contribution in [0.25, 0.3) is 0 Å². The average Bonchev–Trinajstić information content (AvgIpc) is 3.45. The van der Waals surface area contributed by atoms with Gasteiger partial charge in [-0.3, -0.25) is 4.79 Å². The molecule has 0 saturated carbocycles. The van der Waals surface area contributed by atoms with E-state index in [2.05, 4.69) is 5.32 Å². The van der Waals surface area contributed by atoms with Crippen LogP contribution in [0.5, 0.6) is 5.75 Å². The van der Waals surface area contributed by atoms with Gasteiger partial charge in [0.2, 0.25) is 0 Å². The summed E-state index contributed by atoms with van der Waals surface area (Å²) >= 11 is 1.37. The number of esters is 2. The van der Waals surface area contributed by atoms with Gasteiger partial charge in [-0.2, -0.15) is 0 Å². The molecule has 0 bridgehead atoms. The number of methoxy groups -OCH3 is 1. The molecule has 0 radical (unpaired) electrons. The van der Waals surface area contributed by atoms with Gasteiger partial charge in [-0.15, -0.1) is 11.3 Å². The van der Waals surface area contributed by atoms with Crippen molar-refractivity contribution in [3.63, 3.8) is 0 Å². The van der Waals surface area contributed by atoms with E-state index in [1.807, 2.05) is 18.2 Å². The minimum Gasteiger partial charge on any atom is -0.482 e. The molecule has 0 saturated heterocycles. The largest absolute Gasteiger partial charge is 0.482 e. The first kappa shape index (κ1) is 20.4. The van der Waals surface area contributed by atoms with E-state index in [0.717, 1.165) is 49.0 Å². The third-order valence-corrected chi connectivity index (χ3v) is 6.56. The lowest BCUT2D eigenvalue weighted by molar-refractivity contribution is -0.149. The Morgan fingerprint density at radius 1 is 1.03 bits per heavy atom. The molecule has 1 aromatic heterocycles. The fraction of sp³-hybridized carbons (Fsp3) is 0.409. The Morgan fingerprint density at radius 2 is 1.83 bits per heavy atom. The number of hydrogen-bond donors (Lipinski definition) is 1. The molecule has 2 aliphatic carbocycles. The Bertz CT molecular complexity index is 996. The van der Waals surface area contributed by atoms with Crippen molar-refractivity contribution in [1.82, 2.24) is 0 Å². The first-order valence-corrected chi connectivity index (χ1v) is 10.8. The van der Waals surface area contributed by atoms with Gasteiger partial charge < -0.3 is 19.5 Å². The van der Waals surface area contributed by atoms with Gasteiger partial charge in [-0.25, -0.2) is 9.59 Å². The van der Waals surface area contributed by atoms with E-state index in [4.69, 9.17) is 14.2 Å². The van der Waals surface area contributed by atoms with Gasteiger partial charge in [0, 0.05) is 4.88 Å². The Balaban J connectivity index is 1.28. The minimum atomic E-state index is -0.632. The monoisotopic (exact) mass is 429 g/mol. The van der Waals surface area contributed by atoms with E-state index >= 15 is 0 Å². The normalized spacial score (nSPS) is 14.0. The summed E-state index contributed by atoms with van der Waals surface area (Å²) in [4.78, 5) is 37.4. The highest BCUT2D eigenvalue weighted by molar-refractivity contribution is 7.17. The molecule has 30 heavy (non-hydrogen) atoms. The Morgan fingerprint density at radius 3 is 2.67 bits per heavy atom. The highest BCUT2D eigenvalue weighted by atomic mass is 32.1. The molecule has 158 valence electrons. The van der Waals surface area contributed by atoms with Crippen LogP contribution in [0.4, 0.5) is 5.00 Å². The second-order valence-corrected chi connectivity index (χ2v) is 8.44. The molecule has 2 aromatic rings. The molecular weight excluding hydrogens is 406 g/mol. The highest BCUT2D eigenvalue weighted by Crippen LogP contribution is 2.39. The fourth-order valence-corrected chi connectivity index (χ4v) is 5.23. The number of benzene rings is 1. The lowest BCUT2D eigenvalue weighted by atomic mass is 10.1. The number of rotatable bonds is 7. The van der Waals surface area contributed by atoms with E-state index in [0.29, 0.717) is 16.3 Å². The molecule has 1 N–H and O–H groups in total. The topological polar surface area (TPSA) is 90.9 Å².